The van der Waals surface area contributed by atoms with E-state index in [0.717, 1.165) is 23.4 Å². The Labute approximate surface area is 189 Å². The van der Waals surface area contributed by atoms with Crippen LogP contribution in [0.3, 0.4) is 0 Å². The molecule has 0 saturated carbocycles. The van der Waals surface area contributed by atoms with Gasteiger partial charge in [-0.2, -0.15) is 0 Å². The first-order valence-electron chi connectivity index (χ1n) is 10.5. The quantitative estimate of drug-likeness (QED) is 0.558. The molecule has 0 amide bonds. The summed E-state index contributed by atoms with van der Waals surface area (Å²) >= 11 is 6.12. The number of halogens is 1. The molecular formula is C24H32ClNO5. The molecule has 0 radical (unpaired) electrons. The molecule has 0 aromatic heterocycles. The van der Waals surface area contributed by atoms with E-state index in [2.05, 4.69) is 24.4 Å². The van der Waals surface area contributed by atoms with Gasteiger partial charge < -0.3 is 29.0 Å². The van der Waals surface area contributed by atoms with Crippen LogP contribution in [0.25, 0.3) is 0 Å². The maximum atomic E-state index is 6.22. The molecule has 0 bridgehead atoms. The van der Waals surface area contributed by atoms with Crippen molar-refractivity contribution in [2.75, 3.05) is 41.6 Å². The van der Waals surface area contributed by atoms with Gasteiger partial charge in [0.25, 0.3) is 0 Å². The first kappa shape index (κ1) is 23.7. The first-order chi connectivity index (χ1) is 15.0. The van der Waals surface area contributed by atoms with Gasteiger partial charge in [0.2, 0.25) is 5.75 Å². The topological polar surface area (TPSA) is 58.2 Å². The largest absolute Gasteiger partial charge is 0.493 e. The normalized spacial score (nSPS) is 17.2. The molecular weight excluding hydrogens is 418 g/mol. The SMILES string of the molecule is CCC(CCC1(c2cc(OC)c(OC)c(OC)c2)OCCO1)(NC)c1ccc(Cl)cc1. The van der Waals surface area contributed by atoms with Crippen LogP contribution >= 0.6 is 11.6 Å². The summed E-state index contributed by atoms with van der Waals surface area (Å²) in [5.41, 5.74) is 1.78. The van der Waals surface area contributed by atoms with Crippen LogP contribution in [0.1, 0.15) is 37.3 Å². The molecule has 2 aromatic carbocycles. The third kappa shape index (κ3) is 4.62. The van der Waals surface area contributed by atoms with Gasteiger partial charge in [0.1, 0.15) is 0 Å². The number of benzene rings is 2. The molecule has 1 fully saturated rings. The number of hydrogen-bond donors (Lipinski definition) is 1. The lowest BCUT2D eigenvalue weighted by molar-refractivity contribution is -0.174. The minimum atomic E-state index is -0.892. The third-order valence-corrected chi connectivity index (χ3v) is 6.47. The van der Waals surface area contributed by atoms with Crippen LogP contribution in [0, 0.1) is 0 Å². The van der Waals surface area contributed by atoms with E-state index in [-0.39, 0.29) is 5.54 Å². The highest BCUT2D eigenvalue weighted by Crippen LogP contribution is 2.46. The van der Waals surface area contributed by atoms with Crippen molar-refractivity contribution in [1.82, 2.24) is 5.32 Å². The molecule has 1 saturated heterocycles. The van der Waals surface area contributed by atoms with E-state index < -0.39 is 5.79 Å². The second-order valence-corrected chi connectivity index (χ2v) is 7.99. The van der Waals surface area contributed by atoms with Gasteiger partial charge in [0.05, 0.1) is 34.5 Å². The monoisotopic (exact) mass is 449 g/mol. The molecule has 170 valence electrons. The Kier molecular flexibility index (Phi) is 7.70. The summed E-state index contributed by atoms with van der Waals surface area (Å²) in [6.45, 7) is 3.22. The Hall–Kier alpha value is -1.99. The molecule has 1 aliphatic heterocycles. The van der Waals surface area contributed by atoms with Crippen LogP contribution < -0.4 is 19.5 Å². The van der Waals surface area contributed by atoms with Crippen molar-refractivity contribution in [2.24, 2.45) is 0 Å². The molecule has 3 rings (SSSR count). The number of ether oxygens (including phenoxy) is 5. The zero-order chi connectivity index (χ0) is 22.5. The lowest BCUT2D eigenvalue weighted by atomic mass is 9.81. The molecule has 7 heteroatoms. The third-order valence-electron chi connectivity index (χ3n) is 6.22. The molecule has 1 N–H and O–H groups in total. The summed E-state index contributed by atoms with van der Waals surface area (Å²) < 4.78 is 29.0. The summed E-state index contributed by atoms with van der Waals surface area (Å²) in [6, 6.07) is 11.8. The fourth-order valence-electron chi connectivity index (χ4n) is 4.33. The number of methoxy groups -OCH3 is 3. The highest BCUT2D eigenvalue weighted by atomic mass is 35.5. The van der Waals surface area contributed by atoms with Gasteiger partial charge in [0.15, 0.2) is 17.3 Å². The molecule has 6 nitrogen and oxygen atoms in total. The van der Waals surface area contributed by atoms with Crippen molar-refractivity contribution in [3.63, 3.8) is 0 Å². The van der Waals surface area contributed by atoms with Gasteiger partial charge in [-0.3, -0.25) is 0 Å². The zero-order valence-corrected chi connectivity index (χ0v) is 19.7. The van der Waals surface area contributed by atoms with Gasteiger partial charge in [-0.1, -0.05) is 30.7 Å². The molecule has 0 spiro atoms. The first-order valence-corrected chi connectivity index (χ1v) is 10.9. The summed E-state index contributed by atoms with van der Waals surface area (Å²) in [7, 11) is 6.79. The molecule has 1 atom stereocenters. The molecule has 2 aromatic rings. The van der Waals surface area contributed by atoms with Gasteiger partial charge in [-0.05, 0) is 49.7 Å². The summed E-state index contributed by atoms with van der Waals surface area (Å²) in [5.74, 6) is 0.796. The van der Waals surface area contributed by atoms with Gasteiger partial charge in [-0.15, -0.1) is 0 Å². The van der Waals surface area contributed by atoms with E-state index in [1.54, 1.807) is 21.3 Å². The Balaban J connectivity index is 1.97. The van der Waals surface area contributed by atoms with Crippen molar-refractivity contribution >= 4 is 11.6 Å². The Morgan fingerprint density at radius 2 is 1.58 bits per heavy atom. The maximum Gasteiger partial charge on any atom is 0.203 e. The fourth-order valence-corrected chi connectivity index (χ4v) is 4.46. The van der Waals surface area contributed by atoms with E-state index in [4.69, 9.17) is 35.3 Å². The zero-order valence-electron chi connectivity index (χ0n) is 18.9. The molecule has 1 aliphatic rings. The fraction of sp³-hybridized carbons (Fsp3) is 0.500. The van der Waals surface area contributed by atoms with Crippen LogP contribution in [-0.2, 0) is 20.8 Å². The number of rotatable bonds is 10. The van der Waals surface area contributed by atoms with Crippen molar-refractivity contribution in [2.45, 2.75) is 37.5 Å². The molecule has 1 heterocycles. The lowest BCUT2D eigenvalue weighted by Gasteiger charge is -2.37. The summed E-state index contributed by atoms with van der Waals surface area (Å²) in [4.78, 5) is 0. The Morgan fingerprint density at radius 1 is 1.00 bits per heavy atom. The summed E-state index contributed by atoms with van der Waals surface area (Å²) in [5, 5.41) is 4.26. The Morgan fingerprint density at radius 3 is 2.03 bits per heavy atom. The van der Waals surface area contributed by atoms with Gasteiger partial charge >= 0.3 is 0 Å². The van der Waals surface area contributed by atoms with E-state index in [9.17, 15) is 0 Å². The number of hydrogen-bond acceptors (Lipinski definition) is 6. The van der Waals surface area contributed by atoms with E-state index in [1.807, 2.05) is 31.3 Å². The van der Waals surface area contributed by atoms with Crippen LogP contribution in [0.15, 0.2) is 36.4 Å². The minimum absolute atomic E-state index is 0.243. The average Bonchev–Trinajstić information content (AvgIpc) is 3.30. The van der Waals surface area contributed by atoms with Crippen LogP contribution in [0.2, 0.25) is 5.02 Å². The lowest BCUT2D eigenvalue weighted by Crippen LogP contribution is -2.41. The average molecular weight is 450 g/mol. The maximum absolute atomic E-state index is 6.22. The van der Waals surface area contributed by atoms with Crippen LogP contribution in [-0.4, -0.2) is 41.6 Å². The van der Waals surface area contributed by atoms with E-state index in [0.29, 0.717) is 36.9 Å². The van der Waals surface area contributed by atoms with Crippen molar-refractivity contribution in [1.29, 1.82) is 0 Å². The van der Waals surface area contributed by atoms with E-state index >= 15 is 0 Å². The predicted octanol–water partition coefficient (Wildman–Crippen LogP) is 4.87. The predicted molar refractivity (Wildman–Crippen MR) is 121 cm³/mol. The molecule has 1 unspecified atom stereocenters. The number of nitrogens with one attached hydrogen (secondary N) is 1. The van der Waals surface area contributed by atoms with Crippen molar-refractivity contribution in [3.05, 3.63) is 52.5 Å². The highest BCUT2D eigenvalue weighted by molar-refractivity contribution is 6.30. The van der Waals surface area contributed by atoms with Crippen molar-refractivity contribution < 1.29 is 23.7 Å². The van der Waals surface area contributed by atoms with Gasteiger partial charge in [-0.25, -0.2) is 0 Å². The highest BCUT2D eigenvalue weighted by Gasteiger charge is 2.42. The van der Waals surface area contributed by atoms with E-state index in [1.165, 1.54) is 5.56 Å². The van der Waals surface area contributed by atoms with Crippen LogP contribution in [0.5, 0.6) is 17.2 Å². The minimum Gasteiger partial charge on any atom is -0.493 e. The molecule has 0 aliphatic carbocycles. The Bertz CT molecular complexity index is 836. The smallest absolute Gasteiger partial charge is 0.203 e. The molecule has 31 heavy (non-hydrogen) atoms. The van der Waals surface area contributed by atoms with Crippen molar-refractivity contribution in [3.8, 4) is 17.2 Å². The van der Waals surface area contributed by atoms with Crippen LogP contribution in [0.4, 0.5) is 0 Å². The standard InChI is InChI=1S/C24H32ClNO5/c1-6-23(26-2,17-7-9-19(25)10-8-17)11-12-24(30-13-14-31-24)18-15-20(27-3)22(29-5)21(16-18)28-4/h7-10,15-16,26H,6,11-14H2,1-5H3. The summed E-state index contributed by atoms with van der Waals surface area (Å²) in [6.07, 6.45) is 2.33. The second kappa shape index (κ2) is 10.1. The second-order valence-electron chi connectivity index (χ2n) is 7.56. The van der Waals surface area contributed by atoms with Gasteiger partial charge in [0, 0.05) is 22.5 Å².